The van der Waals surface area contributed by atoms with E-state index in [0.717, 1.165) is 222 Å². The highest BCUT2D eigenvalue weighted by Crippen LogP contribution is 2.50. The second kappa shape index (κ2) is 47.5. The molecule has 0 bridgehead atoms. The van der Waals surface area contributed by atoms with Gasteiger partial charge in [0.25, 0.3) is 0 Å². The predicted octanol–water partition coefficient (Wildman–Crippen LogP) is 24.8. The Morgan fingerprint density at radius 2 is 0.390 bits per heavy atom. The molecule has 11 rings (SSSR count). The van der Waals surface area contributed by atoms with Crippen molar-refractivity contribution in [3.63, 3.8) is 0 Å². The Balaban J connectivity index is 0.671. The molecule has 0 amide bonds. The fourth-order valence-electron chi connectivity index (χ4n) is 14.6. The Labute approximate surface area is 696 Å². The number of phenolic OH excluding ortho intramolecular Hbond substituents is 2. The topological polar surface area (TPSA) is 244 Å². The van der Waals surface area contributed by atoms with Gasteiger partial charge in [-0.3, -0.25) is 9.59 Å². The lowest BCUT2D eigenvalue weighted by Gasteiger charge is -2.25. The Morgan fingerprint density at radius 1 is 0.220 bits per heavy atom. The maximum Gasteiger partial charge on any atom is 0.204 e. The molecule has 0 spiro atoms. The van der Waals surface area contributed by atoms with Crippen LogP contribution in [0.4, 0.5) is 0 Å². The van der Waals surface area contributed by atoms with Crippen LogP contribution in [0.2, 0.25) is 0 Å². The Morgan fingerprint density at radius 3 is 0.585 bits per heavy atom. The molecule has 0 unspecified atom stereocenters. The summed E-state index contributed by atoms with van der Waals surface area (Å²) >= 11 is 0. The summed E-state index contributed by atoms with van der Waals surface area (Å²) in [5, 5.41) is 61.3. The van der Waals surface area contributed by atoms with Crippen molar-refractivity contribution in [2.75, 3.05) is 52.9 Å². The van der Waals surface area contributed by atoms with Gasteiger partial charge in [-0.05, 0) is 205 Å². The number of fused-ring (bicyclic) bond motifs is 2. The van der Waals surface area contributed by atoms with Crippen molar-refractivity contribution in [3.05, 3.63) is 251 Å². The van der Waals surface area contributed by atoms with Crippen molar-refractivity contribution in [2.24, 2.45) is 0 Å². The normalized spacial score (nSPS) is 11.3. The largest absolute Gasteiger partial charge is 0.504 e. The maximum atomic E-state index is 15.0. The minimum atomic E-state index is -0.654. The van der Waals surface area contributed by atoms with Crippen molar-refractivity contribution in [1.82, 2.24) is 0 Å². The standard InChI is InChI=1S/C102H108N4O12/c103-71-75-29-37-79(38-30-75)83-45-53-87(54-46-83)111-61-21-13-5-1-9-17-25-65-115-93-69-91-95(99(109)101(93)117-67-27-19-11-3-7-15-23-63-113-89-57-49-85(50-58-89)81-41-33-77(73-105)34-42-81)98(108)92-70-94(116-66-26-18-10-2-6-14-22-62-112-88-55-47-84(48-56-88)80-39-31-76(72-104)32-40-80)102(100(110)96(92)97(91)107)118-68-28-20-12-4-8-16-24-64-114-90-59-51-86(52-60-90)82-43-35-78(74-106)36-44-82/h29-60,69-70,109-110H,1-28,61-68H2. The third-order valence-corrected chi connectivity index (χ3v) is 21.4. The number of carbonyl (C=O) groups excluding carboxylic acids is 2. The molecule has 16 nitrogen and oxygen atoms in total. The zero-order chi connectivity index (χ0) is 82.1. The molecule has 0 saturated heterocycles. The number of rotatable bonds is 52. The third kappa shape index (κ3) is 26.3. The van der Waals surface area contributed by atoms with Gasteiger partial charge in [-0.2, -0.15) is 21.0 Å². The molecule has 0 fully saturated rings. The zero-order valence-electron chi connectivity index (χ0n) is 67.9. The summed E-state index contributed by atoms with van der Waals surface area (Å²) < 4.78 is 49.9. The lowest BCUT2D eigenvalue weighted by Crippen LogP contribution is -2.23. The highest BCUT2D eigenvalue weighted by molar-refractivity contribution is 6.31. The average molecular weight is 1580 g/mol. The first-order chi connectivity index (χ1) is 58.1. The van der Waals surface area contributed by atoms with Gasteiger partial charge in [0.2, 0.25) is 11.5 Å². The summed E-state index contributed by atoms with van der Waals surface area (Å²) in [6.45, 7) is 3.51. The lowest BCUT2D eigenvalue weighted by molar-refractivity contribution is 0.0971. The summed E-state index contributed by atoms with van der Waals surface area (Å²) in [6.07, 6.45) is 26.4. The molecule has 0 saturated carbocycles. The van der Waals surface area contributed by atoms with Crippen molar-refractivity contribution in [3.8, 4) is 126 Å². The van der Waals surface area contributed by atoms with Gasteiger partial charge in [0.15, 0.2) is 34.6 Å². The molecule has 1 aliphatic rings. The number of carbonyl (C=O) groups is 2. The SMILES string of the molecule is N#Cc1ccc(-c2ccc(OCCCCCCCCCOc3cc4c(c(O)c3OCCCCCCCCCOc3ccc(-c5ccc(C#N)cc5)cc3)C(=O)c3cc(OCCCCCCCCCOc5ccc(-c6ccc(C#N)cc6)cc5)c(OCCCCCCCCCOc5ccc(-c6ccc(C#N)cc6)cc5)c(O)c3C4=O)cc2)cc1. The van der Waals surface area contributed by atoms with E-state index in [2.05, 4.69) is 24.3 Å². The Hall–Kier alpha value is -12.5. The van der Waals surface area contributed by atoms with Crippen LogP contribution in [0.1, 0.15) is 234 Å². The molecule has 1 aliphatic carbocycles. The summed E-state index contributed by atoms with van der Waals surface area (Å²) in [5.74, 6) is 1.31. The van der Waals surface area contributed by atoms with Gasteiger partial charge >= 0.3 is 0 Å². The highest BCUT2D eigenvalue weighted by atomic mass is 16.5. The number of nitriles is 4. The number of phenols is 2. The number of ketones is 2. The first kappa shape index (κ1) is 86.4. The molecule has 16 heteroatoms. The van der Waals surface area contributed by atoms with Crippen LogP contribution < -0.4 is 37.9 Å². The van der Waals surface area contributed by atoms with E-state index < -0.39 is 23.1 Å². The zero-order valence-corrected chi connectivity index (χ0v) is 67.9. The highest BCUT2D eigenvalue weighted by Gasteiger charge is 2.40. The quantitative estimate of drug-likeness (QED) is 0.0337. The van der Waals surface area contributed by atoms with E-state index in [1.54, 1.807) is 0 Å². The van der Waals surface area contributed by atoms with Gasteiger partial charge in [0, 0.05) is 11.1 Å². The molecule has 0 radical (unpaired) electrons. The number of hydrogen-bond donors (Lipinski definition) is 2. The van der Waals surface area contributed by atoms with E-state index in [1.807, 2.05) is 194 Å². The summed E-state index contributed by atoms with van der Waals surface area (Å²) in [6, 6.07) is 73.9. The molecule has 2 N–H and O–H groups in total. The van der Waals surface area contributed by atoms with Crippen LogP contribution in [-0.2, 0) is 0 Å². The number of nitrogens with zero attached hydrogens (tertiary/aromatic N) is 4. The van der Waals surface area contributed by atoms with Crippen molar-refractivity contribution in [2.45, 2.75) is 180 Å². The maximum absolute atomic E-state index is 15.0. The summed E-state index contributed by atoms with van der Waals surface area (Å²) in [4.78, 5) is 30.1. The van der Waals surface area contributed by atoms with Gasteiger partial charge in [-0.1, -0.05) is 225 Å². The van der Waals surface area contributed by atoms with E-state index in [4.69, 9.17) is 58.9 Å². The minimum Gasteiger partial charge on any atom is -0.504 e. The van der Waals surface area contributed by atoms with Crippen molar-refractivity contribution >= 4 is 11.6 Å². The molecule has 10 aromatic carbocycles. The molecular weight excluding hydrogens is 1470 g/mol. The second-order valence-electron chi connectivity index (χ2n) is 30.1. The van der Waals surface area contributed by atoms with Crippen molar-refractivity contribution in [1.29, 1.82) is 21.0 Å². The fraction of sp³-hybridized carbons (Fsp3) is 0.353. The van der Waals surface area contributed by atoms with Crippen LogP contribution in [0.25, 0.3) is 44.5 Å². The monoisotopic (exact) mass is 1580 g/mol. The van der Waals surface area contributed by atoms with E-state index in [0.29, 0.717) is 74.4 Å². The van der Waals surface area contributed by atoms with E-state index >= 15 is 9.59 Å². The number of hydrogen-bond acceptors (Lipinski definition) is 16. The third-order valence-electron chi connectivity index (χ3n) is 21.4. The summed E-state index contributed by atoms with van der Waals surface area (Å²) in [7, 11) is 0. The van der Waals surface area contributed by atoms with Gasteiger partial charge in [-0.15, -0.1) is 0 Å². The first-order valence-electron chi connectivity index (χ1n) is 42.4. The summed E-state index contributed by atoms with van der Waals surface area (Å²) in [5.41, 5.74) is 10.3. The van der Waals surface area contributed by atoms with Crippen LogP contribution in [0, 0.1) is 45.3 Å². The van der Waals surface area contributed by atoms with E-state index in [9.17, 15) is 10.2 Å². The Bertz CT molecular complexity index is 4650. The number of aromatic hydroxyl groups is 2. The number of unbranched alkanes of at least 4 members (excludes halogenated alkanes) is 24. The predicted molar refractivity (Wildman–Crippen MR) is 463 cm³/mol. The van der Waals surface area contributed by atoms with Gasteiger partial charge in [0.05, 0.1) is 111 Å². The molecular formula is C102H108N4O12. The fourth-order valence-corrected chi connectivity index (χ4v) is 14.6. The molecule has 0 heterocycles. The molecule has 118 heavy (non-hydrogen) atoms. The van der Waals surface area contributed by atoms with Gasteiger partial charge in [-0.25, -0.2) is 0 Å². The number of benzene rings is 10. The smallest absolute Gasteiger partial charge is 0.204 e. The number of ether oxygens (including phenoxy) is 8. The minimum absolute atomic E-state index is 0.00263. The molecule has 0 aromatic heterocycles. The molecule has 10 aromatic rings. The van der Waals surface area contributed by atoms with Crippen LogP contribution >= 0.6 is 0 Å². The van der Waals surface area contributed by atoms with Crippen molar-refractivity contribution < 1.29 is 57.7 Å². The van der Waals surface area contributed by atoms with Crippen LogP contribution in [0.15, 0.2) is 206 Å². The lowest BCUT2D eigenvalue weighted by atomic mass is 9.82. The van der Waals surface area contributed by atoms with Crippen LogP contribution in [0.3, 0.4) is 0 Å². The van der Waals surface area contributed by atoms with Crippen LogP contribution in [-0.4, -0.2) is 74.6 Å². The molecule has 608 valence electrons. The Kier molecular flexibility index (Phi) is 34.8. The molecule has 0 aliphatic heterocycles. The van der Waals surface area contributed by atoms with E-state index in [1.165, 1.54) is 12.1 Å². The second-order valence-corrected chi connectivity index (χ2v) is 30.1. The van der Waals surface area contributed by atoms with Crippen LogP contribution in [0.5, 0.6) is 57.5 Å². The first-order valence-corrected chi connectivity index (χ1v) is 42.4. The average Bonchev–Trinajstić information content (AvgIpc) is 0.725. The van der Waals surface area contributed by atoms with Gasteiger partial charge in [0.1, 0.15) is 23.0 Å². The van der Waals surface area contributed by atoms with Gasteiger partial charge < -0.3 is 48.1 Å². The van der Waals surface area contributed by atoms with E-state index in [-0.39, 0.29) is 71.7 Å². The molecule has 0 atom stereocenters.